The second kappa shape index (κ2) is 13.8. The Hall–Kier alpha value is -4.95. The zero-order valence-electron chi connectivity index (χ0n) is 25.8. The first-order valence-corrected chi connectivity index (χ1v) is 14.7. The molecule has 0 N–H and O–H groups in total. The Morgan fingerprint density at radius 2 is 1.31 bits per heavy atom. The van der Waals surface area contributed by atoms with Crippen LogP contribution >= 0.6 is 0 Å². The van der Waals surface area contributed by atoms with E-state index in [0.717, 1.165) is 33.4 Å². The summed E-state index contributed by atoms with van der Waals surface area (Å²) in [4.78, 5) is 39.7. The molecule has 4 aromatic rings. The molecule has 8 heteroatoms. The maximum atomic E-state index is 13.6. The van der Waals surface area contributed by atoms with Gasteiger partial charge in [0.1, 0.15) is 17.6 Å². The fourth-order valence-electron chi connectivity index (χ4n) is 6.24. The minimum Gasteiger partial charge on any atom is -0.469 e. The average molecular weight is 609 g/mol. The number of carbonyl (C=O) groups is 3. The average Bonchev–Trinajstić information content (AvgIpc) is 3.47. The lowest BCUT2D eigenvalue weighted by Crippen LogP contribution is -2.45. The molecule has 1 aliphatic rings. The number of methoxy groups -OCH3 is 4. The largest absolute Gasteiger partial charge is 0.469 e. The molecule has 8 nitrogen and oxygen atoms in total. The summed E-state index contributed by atoms with van der Waals surface area (Å²) in [6.45, 7) is 0. The summed E-state index contributed by atoms with van der Waals surface area (Å²) >= 11 is 0. The number of esters is 3. The van der Waals surface area contributed by atoms with Crippen LogP contribution in [-0.2, 0) is 39.8 Å². The van der Waals surface area contributed by atoms with Crippen molar-refractivity contribution in [1.82, 2.24) is 0 Å². The van der Waals surface area contributed by atoms with Crippen molar-refractivity contribution in [2.75, 3.05) is 28.4 Å². The molecule has 0 fully saturated rings. The molecular weight excluding hydrogens is 572 g/mol. The van der Waals surface area contributed by atoms with Crippen LogP contribution in [0, 0.1) is 5.41 Å². The van der Waals surface area contributed by atoms with E-state index in [4.69, 9.17) is 23.4 Å². The third-order valence-electron chi connectivity index (χ3n) is 8.34. The van der Waals surface area contributed by atoms with Crippen LogP contribution in [0.1, 0.15) is 53.4 Å². The molecule has 0 unspecified atom stereocenters. The first kappa shape index (κ1) is 31.5. The molecule has 0 saturated carbocycles. The van der Waals surface area contributed by atoms with Gasteiger partial charge in [-0.25, -0.2) is 0 Å². The molecule has 0 saturated heterocycles. The summed E-state index contributed by atoms with van der Waals surface area (Å²) in [6.07, 6.45) is -0.344. The summed E-state index contributed by atoms with van der Waals surface area (Å²) in [5.41, 5.74) is 3.73. The normalized spacial score (nSPS) is 15.4. The molecule has 1 aliphatic carbocycles. The molecule has 0 amide bonds. The number of furan rings is 1. The minimum atomic E-state index is -1.73. The maximum Gasteiger partial charge on any atom is 0.324 e. The quantitative estimate of drug-likeness (QED) is 0.110. The number of ether oxygens (including phenoxy) is 4. The lowest BCUT2D eigenvalue weighted by molar-refractivity contribution is -0.169. The maximum absolute atomic E-state index is 13.6. The third kappa shape index (κ3) is 6.06. The van der Waals surface area contributed by atoms with Gasteiger partial charge in [0.2, 0.25) is 0 Å². The topological polar surface area (TPSA) is 101 Å². The van der Waals surface area contributed by atoms with E-state index < -0.39 is 23.5 Å². The van der Waals surface area contributed by atoms with E-state index in [1.54, 1.807) is 7.11 Å². The Balaban J connectivity index is 1.92. The van der Waals surface area contributed by atoms with Crippen molar-refractivity contribution in [2.45, 2.75) is 31.8 Å². The number of hydrogen-bond donors (Lipinski definition) is 0. The molecule has 0 bridgehead atoms. The van der Waals surface area contributed by atoms with Gasteiger partial charge in [0, 0.05) is 43.1 Å². The highest BCUT2D eigenvalue weighted by Gasteiger charge is 2.54. The number of fused-ring (bicyclic) bond motifs is 1. The Kier molecular flexibility index (Phi) is 9.64. The highest BCUT2D eigenvalue weighted by molar-refractivity contribution is 6.06. The standard InChI is InChI=1S/C37H36O8/c1-41-30(38)21-20-27(24-14-8-5-9-15-24)28-22-37(35(39)43-3,36(40)44-4)23-29-31(28)32(33(42-2)25-16-10-6-11-17-25)34(45-29)26-18-12-7-13-19-26/h5-19,33H,20-23H2,1-4H3/b28-27+/t33-/m1/s1. The van der Waals surface area contributed by atoms with E-state index in [1.165, 1.54) is 21.3 Å². The Bertz CT molecular complexity index is 1670. The zero-order valence-corrected chi connectivity index (χ0v) is 25.8. The van der Waals surface area contributed by atoms with Crippen LogP contribution in [0.25, 0.3) is 22.5 Å². The van der Waals surface area contributed by atoms with E-state index in [-0.39, 0.29) is 31.7 Å². The molecule has 1 atom stereocenters. The second-order valence-corrected chi connectivity index (χ2v) is 10.9. The van der Waals surface area contributed by atoms with Crippen LogP contribution in [0.4, 0.5) is 0 Å². The van der Waals surface area contributed by atoms with Gasteiger partial charge in [-0.3, -0.25) is 14.4 Å². The molecule has 0 aliphatic heterocycles. The van der Waals surface area contributed by atoms with Gasteiger partial charge in [0.15, 0.2) is 5.41 Å². The summed E-state index contributed by atoms with van der Waals surface area (Å²) in [5.74, 6) is -0.874. The minimum absolute atomic E-state index is 0.0449. The van der Waals surface area contributed by atoms with Crippen molar-refractivity contribution >= 4 is 29.1 Å². The van der Waals surface area contributed by atoms with E-state index in [1.807, 2.05) is 91.0 Å². The lowest BCUT2D eigenvalue weighted by Gasteiger charge is -2.34. The van der Waals surface area contributed by atoms with Gasteiger partial charge in [-0.1, -0.05) is 91.0 Å². The van der Waals surface area contributed by atoms with Gasteiger partial charge in [-0.2, -0.15) is 0 Å². The van der Waals surface area contributed by atoms with Crippen molar-refractivity contribution in [3.8, 4) is 11.3 Å². The molecule has 3 aromatic carbocycles. The predicted octanol–water partition coefficient (Wildman–Crippen LogP) is 6.83. The van der Waals surface area contributed by atoms with E-state index in [0.29, 0.717) is 17.1 Å². The smallest absolute Gasteiger partial charge is 0.324 e. The van der Waals surface area contributed by atoms with Gasteiger partial charge in [-0.15, -0.1) is 0 Å². The van der Waals surface area contributed by atoms with Crippen molar-refractivity contribution in [2.24, 2.45) is 5.41 Å². The lowest BCUT2D eigenvalue weighted by atomic mass is 9.68. The first-order chi connectivity index (χ1) is 21.9. The molecule has 5 rings (SSSR count). The van der Waals surface area contributed by atoms with Crippen LogP contribution in [0.2, 0.25) is 0 Å². The van der Waals surface area contributed by atoms with Crippen LogP contribution in [-0.4, -0.2) is 46.3 Å². The highest BCUT2D eigenvalue weighted by Crippen LogP contribution is 2.53. The number of benzene rings is 3. The van der Waals surface area contributed by atoms with E-state index in [9.17, 15) is 14.4 Å². The molecule has 232 valence electrons. The molecular formula is C37H36O8. The van der Waals surface area contributed by atoms with Gasteiger partial charge in [-0.05, 0) is 28.7 Å². The summed E-state index contributed by atoms with van der Waals surface area (Å²) in [7, 11) is 5.49. The van der Waals surface area contributed by atoms with Gasteiger partial charge < -0.3 is 23.4 Å². The van der Waals surface area contributed by atoms with Gasteiger partial charge in [0.05, 0.1) is 21.3 Å². The number of allylic oxidation sites excluding steroid dienone is 2. The molecule has 1 aromatic heterocycles. The number of rotatable bonds is 10. The molecule has 0 radical (unpaired) electrons. The Morgan fingerprint density at radius 1 is 0.733 bits per heavy atom. The van der Waals surface area contributed by atoms with Crippen molar-refractivity contribution in [1.29, 1.82) is 0 Å². The van der Waals surface area contributed by atoms with Crippen molar-refractivity contribution in [3.05, 3.63) is 119 Å². The molecule has 45 heavy (non-hydrogen) atoms. The number of carbonyl (C=O) groups excluding carboxylic acids is 3. The molecule has 1 heterocycles. The SMILES string of the molecule is COC(=O)CC/C(=C1/CC(C(=O)OC)(C(=O)OC)Cc2oc(-c3ccccc3)c([C@H](OC)c3ccccc3)c21)c1ccccc1. The predicted molar refractivity (Wildman–Crippen MR) is 169 cm³/mol. The van der Waals surface area contributed by atoms with Crippen LogP contribution in [0.3, 0.4) is 0 Å². The van der Waals surface area contributed by atoms with Gasteiger partial charge in [0.25, 0.3) is 0 Å². The van der Waals surface area contributed by atoms with Crippen LogP contribution in [0.5, 0.6) is 0 Å². The molecule has 0 spiro atoms. The Morgan fingerprint density at radius 3 is 1.87 bits per heavy atom. The van der Waals surface area contributed by atoms with Gasteiger partial charge >= 0.3 is 17.9 Å². The van der Waals surface area contributed by atoms with Crippen molar-refractivity contribution < 1.29 is 37.7 Å². The summed E-state index contributed by atoms with van der Waals surface area (Å²) < 4.78 is 28.4. The first-order valence-electron chi connectivity index (χ1n) is 14.7. The van der Waals surface area contributed by atoms with E-state index >= 15 is 0 Å². The zero-order chi connectivity index (χ0) is 32.0. The fourth-order valence-corrected chi connectivity index (χ4v) is 6.24. The summed E-state index contributed by atoms with van der Waals surface area (Å²) in [5, 5.41) is 0. The third-order valence-corrected chi connectivity index (χ3v) is 8.34. The Labute approximate surface area is 262 Å². The fraction of sp³-hybridized carbons (Fsp3) is 0.270. The number of hydrogen-bond acceptors (Lipinski definition) is 8. The van der Waals surface area contributed by atoms with Crippen molar-refractivity contribution in [3.63, 3.8) is 0 Å². The highest BCUT2D eigenvalue weighted by atomic mass is 16.5. The van der Waals surface area contributed by atoms with E-state index in [2.05, 4.69) is 0 Å². The second-order valence-electron chi connectivity index (χ2n) is 10.9. The monoisotopic (exact) mass is 608 g/mol. The van der Waals surface area contributed by atoms with Crippen LogP contribution < -0.4 is 0 Å². The van der Waals surface area contributed by atoms with Crippen LogP contribution in [0.15, 0.2) is 95.4 Å². The summed E-state index contributed by atoms with van der Waals surface area (Å²) in [6, 6.07) is 29.0.